The molecule has 2 atom stereocenters. The van der Waals surface area contributed by atoms with Gasteiger partial charge in [-0.1, -0.05) is 23.4 Å². The fraction of sp³-hybridized carbons (Fsp3) is 0.480. The number of piperidine rings is 1. The maximum absolute atomic E-state index is 13.8. The molecule has 2 aromatic heterocycles. The molecule has 33 heavy (non-hydrogen) atoms. The lowest BCUT2D eigenvalue weighted by Crippen LogP contribution is -2.48. The van der Waals surface area contributed by atoms with Gasteiger partial charge in [-0.15, -0.1) is 11.3 Å². The molecule has 0 N–H and O–H groups in total. The number of nitrogens with zero attached hydrogens (tertiary/aromatic N) is 3. The van der Waals surface area contributed by atoms with Crippen molar-refractivity contribution in [2.45, 2.75) is 76.0 Å². The first-order valence-corrected chi connectivity index (χ1v) is 13.9. The van der Waals surface area contributed by atoms with Crippen LogP contribution in [0.2, 0.25) is 5.02 Å². The molecule has 0 radical (unpaired) electrons. The summed E-state index contributed by atoms with van der Waals surface area (Å²) < 4.78 is 1.67. The van der Waals surface area contributed by atoms with E-state index in [2.05, 4.69) is 13.8 Å². The Kier molecular flexibility index (Phi) is 6.56. The van der Waals surface area contributed by atoms with Gasteiger partial charge in [0.05, 0.1) is 16.8 Å². The maximum atomic E-state index is 13.8. The number of likely N-dealkylation sites (tertiary alicyclic amines) is 1. The molecular formula is C25H28ClN3O2S2. The van der Waals surface area contributed by atoms with E-state index in [1.54, 1.807) is 28.0 Å². The Morgan fingerprint density at radius 3 is 2.55 bits per heavy atom. The van der Waals surface area contributed by atoms with Crippen molar-refractivity contribution in [2.24, 2.45) is 0 Å². The zero-order valence-corrected chi connectivity index (χ0v) is 21.4. The van der Waals surface area contributed by atoms with Gasteiger partial charge in [-0.2, -0.15) is 0 Å². The van der Waals surface area contributed by atoms with Crippen LogP contribution in [0.15, 0.2) is 34.2 Å². The predicted octanol–water partition coefficient (Wildman–Crippen LogP) is 5.86. The van der Waals surface area contributed by atoms with Gasteiger partial charge in [-0.05, 0) is 88.6 Å². The van der Waals surface area contributed by atoms with Crippen LogP contribution in [0.25, 0.3) is 15.9 Å². The molecule has 5 rings (SSSR count). The largest absolute Gasteiger partial charge is 0.337 e. The molecule has 1 fully saturated rings. The van der Waals surface area contributed by atoms with Crippen LogP contribution in [0.4, 0.5) is 0 Å². The van der Waals surface area contributed by atoms with Crippen LogP contribution < -0.4 is 5.56 Å². The van der Waals surface area contributed by atoms with Crippen molar-refractivity contribution in [2.75, 3.05) is 5.75 Å². The Morgan fingerprint density at radius 1 is 1.12 bits per heavy atom. The van der Waals surface area contributed by atoms with Gasteiger partial charge in [0.2, 0.25) is 5.91 Å². The Bertz CT molecular complexity index is 1240. The number of amides is 1. The number of halogens is 1. The normalized spacial score (nSPS) is 20.8. The highest BCUT2D eigenvalue weighted by Crippen LogP contribution is 2.35. The van der Waals surface area contributed by atoms with E-state index < -0.39 is 0 Å². The molecule has 3 aromatic rings. The summed E-state index contributed by atoms with van der Waals surface area (Å²) in [6.07, 6.45) is 7.47. The lowest BCUT2D eigenvalue weighted by molar-refractivity contribution is -0.134. The van der Waals surface area contributed by atoms with Gasteiger partial charge in [-0.3, -0.25) is 14.2 Å². The van der Waals surface area contributed by atoms with Crippen LogP contribution in [-0.2, 0) is 17.6 Å². The van der Waals surface area contributed by atoms with Gasteiger partial charge in [0.1, 0.15) is 4.83 Å². The number of thiophene rings is 1. The third kappa shape index (κ3) is 4.35. The van der Waals surface area contributed by atoms with Crippen LogP contribution in [-0.4, -0.2) is 38.2 Å². The predicted molar refractivity (Wildman–Crippen MR) is 137 cm³/mol. The number of carbonyl (C=O) groups excluding carboxylic acids is 1. The summed E-state index contributed by atoms with van der Waals surface area (Å²) in [5, 5.41) is 1.93. The van der Waals surface area contributed by atoms with Crippen molar-refractivity contribution >= 4 is 50.8 Å². The van der Waals surface area contributed by atoms with Crippen LogP contribution in [0.3, 0.4) is 0 Å². The fourth-order valence-electron chi connectivity index (χ4n) is 5.21. The Balaban J connectivity index is 1.55. The Labute approximate surface area is 207 Å². The second-order valence-corrected chi connectivity index (χ2v) is 11.6. The number of benzene rings is 1. The van der Waals surface area contributed by atoms with E-state index in [0.717, 1.165) is 60.8 Å². The first-order valence-electron chi connectivity index (χ1n) is 11.7. The topological polar surface area (TPSA) is 55.2 Å². The average molecular weight is 502 g/mol. The molecule has 8 heteroatoms. The third-order valence-electron chi connectivity index (χ3n) is 6.85. The highest BCUT2D eigenvalue weighted by atomic mass is 35.5. The summed E-state index contributed by atoms with van der Waals surface area (Å²) in [6, 6.07) is 7.76. The van der Waals surface area contributed by atoms with Gasteiger partial charge in [0.25, 0.3) is 5.56 Å². The molecule has 3 heterocycles. The second-order valence-electron chi connectivity index (χ2n) is 9.12. The molecule has 5 nitrogen and oxygen atoms in total. The van der Waals surface area contributed by atoms with Gasteiger partial charge in [0, 0.05) is 22.0 Å². The molecule has 1 saturated heterocycles. The number of hydrogen-bond acceptors (Lipinski definition) is 5. The molecule has 1 amide bonds. The molecule has 0 saturated carbocycles. The number of fused-ring (bicyclic) bond motifs is 3. The minimum Gasteiger partial charge on any atom is -0.337 e. The fourth-order valence-corrected chi connectivity index (χ4v) is 7.53. The van der Waals surface area contributed by atoms with Crippen molar-refractivity contribution in [3.8, 4) is 5.69 Å². The minimum atomic E-state index is -0.0450. The van der Waals surface area contributed by atoms with Gasteiger partial charge >= 0.3 is 0 Å². The number of hydrogen-bond donors (Lipinski definition) is 0. The van der Waals surface area contributed by atoms with Gasteiger partial charge in [0.15, 0.2) is 5.16 Å². The highest BCUT2D eigenvalue weighted by Gasteiger charge is 2.29. The summed E-state index contributed by atoms with van der Waals surface area (Å²) in [4.78, 5) is 36.0. The zero-order chi connectivity index (χ0) is 23.1. The van der Waals surface area contributed by atoms with Crippen molar-refractivity contribution < 1.29 is 4.79 Å². The Hall–Kier alpha value is -1.83. The summed E-state index contributed by atoms with van der Waals surface area (Å²) in [7, 11) is 0. The van der Waals surface area contributed by atoms with E-state index in [4.69, 9.17) is 16.6 Å². The van der Waals surface area contributed by atoms with Crippen LogP contribution in [0.5, 0.6) is 0 Å². The Morgan fingerprint density at radius 2 is 1.82 bits per heavy atom. The summed E-state index contributed by atoms with van der Waals surface area (Å²) >= 11 is 9.11. The van der Waals surface area contributed by atoms with E-state index >= 15 is 0 Å². The molecule has 174 valence electrons. The van der Waals surface area contributed by atoms with E-state index in [0.29, 0.717) is 10.2 Å². The quantitative estimate of drug-likeness (QED) is 0.332. The smallest absolute Gasteiger partial charge is 0.267 e. The van der Waals surface area contributed by atoms with Crippen molar-refractivity contribution in [1.29, 1.82) is 0 Å². The molecule has 0 unspecified atom stereocenters. The highest BCUT2D eigenvalue weighted by molar-refractivity contribution is 7.99. The zero-order valence-electron chi connectivity index (χ0n) is 19.0. The van der Waals surface area contributed by atoms with Crippen LogP contribution in [0.1, 0.15) is 56.4 Å². The van der Waals surface area contributed by atoms with Crippen molar-refractivity contribution in [1.82, 2.24) is 14.5 Å². The van der Waals surface area contributed by atoms with Crippen molar-refractivity contribution in [3.05, 3.63) is 50.1 Å². The van der Waals surface area contributed by atoms with Gasteiger partial charge < -0.3 is 4.90 Å². The number of rotatable bonds is 4. The van der Waals surface area contributed by atoms with E-state index in [-0.39, 0.29) is 29.3 Å². The second kappa shape index (κ2) is 9.43. The SMILES string of the molecule is C[C@@H]1CCC[C@H](C)N1C(=O)CSc1nc2sc3c(c2c(=O)n1-c1ccc(Cl)cc1)CCCC3. The molecule has 0 bridgehead atoms. The number of carbonyl (C=O) groups is 1. The van der Waals surface area contributed by atoms with Crippen LogP contribution in [0, 0.1) is 0 Å². The first kappa shape index (κ1) is 22.9. The van der Waals surface area contributed by atoms with Crippen molar-refractivity contribution in [3.63, 3.8) is 0 Å². The van der Waals surface area contributed by atoms with Gasteiger partial charge in [-0.25, -0.2) is 4.98 Å². The third-order valence-corrected chi connectivity index (χ3v) is 9.21. The summed E-state index contributed by atoms with van der Waals surface area (Å²) in [5.41, 5.74) is 1.85. The summed E-state index contributed by atoms with van der Waals surface area (Å²) in [6.45, 7) is 4.25. The maximum Gasteiger partial charge on any atom is 0.267 e. The molecule has 1 aromatic carbocycles. The standard InChI is InChI=1S/C25H28ClN3O2S2/c1-15-6-5-7-16(2)28(15)21(30)14-32-25-27-23-22(19-8-3-4-9-20(19)33-23)24(31)29(25)18-12-10-17(26)11-13-18/h10-13,15-16H,3-9,14H2,1-2H3/t15-,16+. The molecule has 0 spiro atoms. The molecular weight excluding hydrogens is 474 g/mol. The first-order chi connectivity index (χ1) is 15.9. The molecule has 1 aliphatic carbocycles. The lowest BCUT2D eigenvalue weighted by atomic mass is 9.97. The van der Waals surface area contributed by atoms with E-state index in [1.807, 2.05) is 17.0 Å². The minimum absolute atomic E-state index is 0.0450. The average Bonchev–Trinajstić information content (AvgIpc) is 3.17. The molecule has 1 aliphatic heterocycles. The number of aryl methyl sites for hydroxylation is 2. The number of thioether (sulfide) groups is 1. The molecule has 2 aliphatic rings. The van der Waals surface area contributed by atoms with E-state index in [9.17, 15) is 9.59 Å². The number of aromatic nitrogens is 2. The summed E-state index contributed by atoms with van der Waals surface area (Å²) in [5.74, 6) is 0.382. The monoisotopic (exact) mass is 501 g/mol. The lowest BCUT2D eigenvalue weighted by Gasteiger charge is -2.39. The van der Waals surface area contributed by atoms with Crippen LogP contribution >= 0.6 is 34.7 Å². The van der Waals surface area contributed by atoms with E-state index in [1.165, 1.54) is 22.2 Å².